The van der Waals surface area contributed by atoms with Crippen LogP contribution >= 0.6 is 0 Å². The fourth-order valence-electron chi connectivity index (χ4n) is 2.30. The SMILES string of the molecule is C=C(C)CCO[Si](OC)(OC)C1CCCC1. The quantitative estimate of drug-likeness (QED) is 0.508. The van der Waals surface area contributed by atoms with Gasteiger partial charge in [0, 0.05) is 26.4 Å². The van der Waals surface area contributed by atoms with Crippen molar-refractivity contribution in [1.29, 1.82) is 0 Å². The second-order valence-corrected chi connectivity index (χ2v) is 7.68. The molecular weight excluding hydrogens is 220 g/mol. The lowest BCUT2D eigenvalue weighted by atomic mass is 10.3. The number of hydrogen-bond donors (Lipinski definition) is 0. The molecule has 0 bridgehead atoms. The number of hydrogen-bond acceptors (Lipinski definition) is 3. The molecule has 0 aromatic carbocycles. The van der Waals surface area contributed by atoms with E-state index >= 15 is 0 Å². The zero-order chi connectivity index (χ0) is 12.0. The minimum absolute atomic E-state index is 0.493. The second-order valence-electron chi connectivity index (χ2n) is 4.55. The van der Waals surface area contributed by atoms with Gasteiger partial charge in [0.05, 0.1) is 0 Å². The van der Waals surface area contributed by atoms with E-state index in [0.717, 1.165) is 12.0 Å². The van der Waals surface area contributed by atoms with E-state index in [4.69, 9.17) is 13.3 Å². The monoisotopic (exact) mass is 244 g/mol. The maximum Gasteiger partial charge on any atom is 0.503 e. The molecule has 0 saturated heterocycles. The summed E-state index contributed by atoms with van der Waals surface area (Å²) >= 11 is 0. The Morgan fingerprint density at radius 2 is 1.81 bits per heavy atom. The van der Waals surface area contributed by atoms with Crippen LogP contribution in [0.1, 0.15) is 39.0 Å². The summed E-state index contributed by atoms with van der Waals surface area (Å²) in [6, 6.07) is 0. The Kier molecular flexibility index (Phi) is 5.68. The lowest BCUT2D eigenvalue weighted by Crippen LogP contribution is -2.48. The topological polar surface area (TPSA) is 27.7 Å². The van der Waals surface area contributed by atoms with Gasteiger partial charge in [-0.25, -0.2) is 0 Å². The molecule has 3 nitrogen and oxygen atoms in total. The van der Waals surface area contributed by atoms with Crippen LogP contribution < -0.4 is 0 Å². The van der Waals surface area contributed by atoms with Gasteiger partial charge in [-0.05, 0) is 26.2 Å². The average molecular weight is 244 g/mol. The average Bonchev–Trinajstić information content (AvgIpc) is 2.78. The molecule has 1 rings (SSSR count). The lowest BCUT2D eigenvalue weighted by molar-refractivity contribution is 0.0885. The largest absolute Gasteiger partial charge is 0.503 e. The van der Waals surface area contributed by atoms with E-state index in [1.165, 1.54) is 25.7 Å². The first-order valence-electron chi connectivity index (χ1n) is 6.03. The van der Waals surface area contributed by atoms with Crippen LogP contribution in [-0.4, -0.2) is 29.6 Å². The van der Waals surface area contributed by atoms with Crippen molar-refractivity contribution in [2.75, 3.05) is 20.8 Å². The summed E-state index contributed by atoms with van der Waals surface area (Å²) in [5.74, 6) is 0. The van der Waals surface area contributed by atoms with Crippen molar-refractivity contribution in [3.63, 3.8) is 0 Å². The van der Waals surface area contributed by atoms with Gasteiger partial charge in [0.1, 0.15) is 0 Å². The molecule has 0 unspecified atom stereocenters. The summed E-state index contributed by atoms with van der Waals surface area (Å²) in [6.45, 7) is 6.56. The zero-order valence-electron chi connectivity index (χ0n) is 10.8. The second kappa shape index (κ2) is 6.54. The van der Waals surface area contributed by atoms with E-state index in [0.29, 0.717) is 12.1 Å². The third kappa shape index (κ3) is 3.42. The molecule has 1 aliphatic carbocycles. The van der Waals surface area contributed by atoms with Crippen LogP contribution in [0, 0.1) is 0 Å². The molecule has 0 amide bonds. The van der Waals surface area contributed by atoms with Crippen LogP contribution in [0.4, 0.5) is 0 Å². The summed E-state index contributed by atoms with van der Waals surface area (Å²) in [5, 5.41) is 0. The van der Waals surface area contributed by atoms with E-state index < -0.39 is 8.80 Å². The molecule has 0 aromatic rings. The molecule has 94 valence electrons. The van der Waals surface area contributed by atoms with E-state index in [1.54, 1.807) is 14.2 Å². The molecule has 0 aromatic heterocycles. The fraction of sp³-hybridized carbons (Fsp3) is 0.833. The summed E-state index contributed by atoms with van der Waals surface area (Å²) in [5.41, 5.74) is 1.63. The summed E-state index contributed by atoms with van der Waals surface area (Å²) in [4.78, 5) is 0. The Hall–Kier alpha value is -0.163. The highest BCUT2D eigenvalue weighted by Gasteiger charge is 2.48. The van der Waals surface area contributed by atoms with Gasteiger partial charge in [0.15, 0.2) is 0 Å². The van der Waals surface area contributed by atoms with Crippen molar-refractivity contribution >= 4 is 8.80 Å². The van der Waals surface area contributed by atoms with Gasteiger partial charge >= 0.3 is 8.80 Å². The van der Waals surface area contributed by atoms with Crippen LogP contribution in [0.3, 0.4) is 0 Å². The third-order valence-electron chi connectivity index (χ3n) is 3.26. The standard InChI is InChI=1S/C12H24O3Si/c1-11(2)9-10-15-16(13-3,14-4)12-7-5-6-8-12/h12H,1,5-10H2,2-4H3. The fourth-order valence-corrected chi connectivity index (χ4v) is 5.11. The van der Waals surface area contributed by atoms with Gasteiger partial charge in [-0.2, -0.15) is 0 Å². The smallest absolute Gasteiger partial charge is 0.377 e. The molecule has 1 aliphatic rings. The van der Waals surface area contributed by atoms with Crippen molar-refractivity contribution in [2.24, 2.45) is 0 Å². The highest BCUT2D eigenvalue weighted by molar-refractivity contribution is 6.62. The highest BCUT2D eigenvalue weighted by atomic mass is 28.4. The Labute approximate surface area is 100 Å². The molecule has 1 fully saturated rings. The van der Waals surface area contributed by atoms with Crippen molar-refractivity contribution in [3.8, 4) is 0 Å². The molecule has 0 radical (unpaired) electrons. The first-order valence-corrected chi connectivity index (χ1v) is 7.83. The highest BCUT2D eigenvalue weighted by Crippen LogP contribution is 2.39. The van der Waals surface area contributed by atoms with Gasteiger partial charge in [0.25, 0.3) is 0 Å². The maximum absolute atomic E-state index is 5.96. The van der Waals surface area contributed by atoms with Gasteiger partial charge in [0.2, 0.25) is 0 Å². The predicted octanol–water partition coefficient (Wildman–Crippen LogP) is 3.15. The van der Waals surface area contributed by atoms with E-state index in [2.05, 4.69) is 6.58 Å². The van der Waals surface area contributed by atoms with Crippen molar-refractivity contribution in [3.05, 3.63) is 12.2 Å². The Morgan fingerprint density at radius 3 is 2.25 bits per heavy atom. The lowest BCUT2D eigenvalue weighted by Gasteiger charge is -2.31. The Bertz CT molecular complexity index is 220. The molecular formula is C12H24O3Si. The van der Waals surface area contributed by atoms with Crippen LogP contribution in [0.15, 0.2) is 12.2 Å². The summed E-state index contributed by atoms with van der Waals surface area (Å²) in [6.07, 6.45) is 5.79. The maximum atomic E-state index is 5.96. The van der Waals surface area contributed by atoms with Crippen LogP contribution in [0.5, 0.6) is 0 Å². The first kappa shape index (κ1) is 13.9. The van der Waals surface area contributed by atoms with E-state index in [9.17, 15) is 0 Å². The van der Waals surface area contributed by atoms with E-state index in [-0.39, 0.29) is 0 Å². The molecule has 4 heteroatoms. The first-order chi connectivity index (χ1) is 7.64. The van der Waals surface area contributed by atoms with Gasteiger partial charge in [-0.3, -0.25) is 0 Å². The Morgan fingerprint density at radius 1 is 1.25 bits per heavy atom. The van der Waals surface area contributed by atoms with Gasteiger partial charge in [-0.15, -0.1) is 6.58 Å². The van der Waals surface area contributed by atoms with Crippen LogP contribution in [0.2, 0.25) is 5.54 Å². The van der Waals surface area contributed by atoms with Gasteiger partial charge in [-0.1, -0.05) is 18.4 Å². The normalized spacial score (nSPS) is 17.9. The molecule has 0 aliphatic heterocycles. The van der Waals surface area contributed by atoms with Crippen molar-refractivity contribution in [1.82, 2.24) is 0 Å². The molecule has 0 atom stereocenters. The van der Waals surface area contributed by atoms with Crippen molar-refractivity contribution < 1.29 is 13.3 Å². The third-order valence-corrected chi connectivity index (χ3v) is 6.58. The Balaban J connectivity index is 2.52. The van der Waals surface area contributed by atoms with Gasteiger partial charge < -0.3 is 13.3 Å². The minimum Gasteiger partial charge on any atom is -0.377 e. The van der Waals surface area contributed by atoms with Crippen LogP contribution in [-0.2, 0) is 13.3 Å². The number of rotatable bonds is 7. The molecule has 0 heterocycles. The summed E-state index contributed by atoms with van der Waals surface area (Å²) in [7, 11) is 1.02. The van der Waals surface area contributed by atoms with E-state index in [1.807, 2.05) is 6.92 Å². The minimum atomic E-state index is -2.42. The molecule has 0 N–H and O–H groups in total. The molecule has 1 saturated carbocycles. The summed E-state index contributed by atoms with van der Waals surface area (Å²) < 4.78 is 17.2. The van der Waals surface area contributed by atoms with Crippen molar-refractivity contribution in [2.45, 2.75) is 44.6 Å². The predicted molar refractivity (Wildman–Crippen MR) is 67.4 cm³/mol. The zero-order valence-corrected chi connectivity index (χ0v) is 11.8. The molecule has 16 heavy (non-hydrogen) atoms. The van der Waals surface area contributed by atoms with Crippen LogP contribution in [0.25, 0.3) is 0 Å². The molecule has 0 spiro atoms.